The van der Waals surface area contributed by atoms with E-state index in [1.54, 1.807) is 6.08 Å². The Labute approximate surface area is 224 Å². The van der Waals surface area contributed by atoms with Gasteiger partial charge in [0.05, 0.1) is 5.57 Å². The first-order valence-electron chi connectivity index (χ1n) is 13.2. The SMILES string of the molecule is N#C/C(C=O)=C\c1ccc2c(c1)C1CCCC1N2c1ccc(C=C(c2ccccc2)c2ccccc2)cc1. The second-order valence-electron chi connectivity index (χ2n) is 10.0. The maximum absolute atomic E-state index is 11.1. The molecule has 1 aliphatic carbocycles. The number of rotatable bonds is 6. The van der Waals surface area contributed by atoms with Gasteiger partial charge >= 0.3 is 0 Å². The van der Waals surface area contributed by atoms with Crippen LogP contribution in [0, 0.1) is 11.3 Å². The fourth-order valence-corrected chi connectivity index (χ4v) is 6.04. The van der Waals surface area contributed by atoms with Crippen molar-refractivity contribution in [2.24, 2.45) is 0 Å². The van der Waals surface area contributed by atoms with Crippen LogP contribution in [0.25, 0.3) is 17.7 Å². The minimum Gasteiger partial charge on any atom is -0.338 e. The number of carbonyl (C=O) groups is 1. The van der Waals surface area contributed by atoms with Crippen molar-refractivity contribution in [3.63, 3.8) is 0 Å². The van der Waals surface area contributed by atoms with Gasteiger partial charge in [-0.05, 0) is 82.6 Å². The van der Waals surface area contributed by atoms with Gasteiger partial charge < -0.3 is 4.90 Å². The summed E-state index contributed by atoms with van der Waals surface area (Å²) in [5, 5.41) is 9.17. The smallest absolute Gasteiger partial charge is 0.160 e. The number of aldehydes is 1. The Balaban J connectivity index is 1.35. The van der Waals surface area contributed by atoms with Gasteiger partial charge in [-0.3, -0.25) is 4.79 Å². The minimum atomic E-state index is 0.150. The van der Waals surface area contributed by atoms with Gasteiger partial charge in [0.15, 0.2) is 6.29 Å². The lowest BCUT2D eigenvalue weighted by molar-refractivity contribution is -0.104. The molecule has 1 saturated carbocycles. The number of benzene rings is 4. The molecule has 38 heavy (non-hydrogen) atoms. The van der Waals surface area contributed by atoms with Crippen LogP contribution in [0.5, 0.6) is 0 Å². The van der Waals surface area contributed by atoms with Gasteiger partial charge in [0.2, 0.25) is 0 Å². The van der Waals surface area contributed by atoms with Crippen molar-refractivity contribution in [3.8, 4) is 6.07 Å². The number of carbonyl (C=O) groups excluding carboxylic acids is 1. The third kappa shape index (κ3) is 4.46. The molecule has 2 aliphatic rings. The lowest BCUT2D eigenvalue weighted by atomic mass is 9.95. The topological polar surface area (TPSA) is 44.1 Å². The molecule has 4 aromatic rings. The first kappa shape index (κ1) is 23.7. The van der Waals surface area contributed by atoms with E-state index in [-0.39, 0.29) is 5.57 Å². The van der Waals surface area contributed by atoms with E-state index in [2.05, 4.69) is 108 Å². The molecule has 1 fully saturated rings. The summed E-state index contributed by atoms with van der Waals surface area (Å²) in [6.45, 7) is 0. The van der Waals surface area contributed by atoms with E-state index in [9.17, 15) is 4.79 Å². The predicted molar refractivity (Wildman–Crippen MR) is 155 cm³/mol. The van der Waals surface area contributed by atoms with E-state index in [0.717, 1.165) is 17.5 Å². The largest absolute Gasteiger partial charge is 0.338 e. The highest BCUT2D eigenvalue weighted by molar-refractivity contribution is 5.92. The fraction of sp³-hybridized carbons (Fsp3) is 0.143. The van der Waals surface area contributed by atoms with Crippen LogP contribution in [0.3, 0.4) is 0 Å². The summed E-state index contributed by atoms with van der Waals surface area (Å²) in [5.74, 6) is 0.474. The lowest BCUT2D eigenvalue weighted by Gasteiger charge is -2.27. The molecule has 6 rings (SSSR count). The zero-order valence-corrected chi connectivity index (χ0v) is 21.1. The highest BCUT2D eigenvalue weighted by Gasteiger charge is 2.42. The molecule has 0 N–H and O–H groups in total. The molecule has 3 heteroatoms. The van der Waals surface area contributed by atoms with Crippen LogP contribution in [-0.4, -0.2) is 12.3 Å². The quantitative estimate of drug-likeness (QED) is 0.118. The van der Waals surface area contributed by atoms with Crippen molar-refractivity contribution in [1.82, 2.24) is 0 Å². The van der Waals surface area contributed by atoms with E-state index in [1.807, 2.05) is 12.1 Å². The molecular weight excluding hydrogens is 464 g/mol. The van der Waals surface area contributed by atoms with E-state index in [1.165, 1.54) is 46.5 Å². The molecule has 0 bridgehead atoms. The van der Waals surface area contributed by atoms with Gasteiger partial charge in [0.1, 0.15) is 6.07 Å². The first-order chi connectivity index (χ1) is 18.7. The highest BCUT2D eigenvalue weighted by atomic mass is 16.1. The molecule has 2 unspecified atom stereocenters. The fourth-order valence-electron chi connectivity index (χ4n) is 6.04. The Hall–Kier alpha value is -4.68. The normalized spacial score (nSPS) is 17.9. The Morgan fingerprint density at radius 3 is 2.08 bits per heavy atom. The number of nitriles is 1. The number of anilines is 2. The average molecular weight is 493 g/mol. The molecule has 0 spiro atoms. The number of nitrogens with zero attached hydrogens (tertiary/aromatic N) is 2. The van der Waals surface area contributed by atoms with E-state index in [4.69, 9.17) is 5.26 Å². The van der Waals surface area contributed by atoms with Crippen molar-refractivity contribution in [2.45, 2.75) is 31.2 Å². The van der Waals surface area contributed by atoms with E-state index in [0.29, 0.717) is 18.2 Å². The van der Waals surface area contributed by atoms with Crippen molar-refractivity contribution in [3.05, 3.63) is 137 Å². The van der Waals surface area contributed by atoms with Gasteiger partial charge in [-0.2, -0.15) is 5.26 Å². The summed E-state index contributed by atoms with van der Waals surface area (Å²) in [7, 11) is 0. The van der Waals surface area contributed by atoms with Gasteiger partial charge in [-0.1, -0.05) is 85.3 Å². The van der Waals surface area contributed by atoms with Gasteiger partial charge in [-0.15, -0.1) is 0 Å². The van der Waals surface area contributed by atoms with Crippen molar-refractivity contribution in [1.29, 1.82) is 5.26 Å². The summed E-state index contributed by atoms with van der Waals surface area (Å²) in [6, 6.07) is 38.7. The highest BCUT2D eigenvalue weighted by Crippen LogP contribution is 2.52. The Morgan fingerprint density at radius 1 is 0.789 bits per heavy atom. The second-order valence-corrected chi connectivity index (χ2v) is 10.0. The van der Waals surface area contributed by atoms with Crippen LogP contribution < -0.4 is 4.90 Å². The molecule has 3 nitrogen and oxygen atoms in total. The summed E-state index contributed by atoms with van der Waals surface area (Å²) in [4.78, 5) is 13.6. The molecule has 2 atom stereocenters. The second kappa shape index (κ2) is 10.4. The van der Waals surface area contributed by atoms with Crippen molar-refractivity contribution in [2.75, 3.05) is 4.90 Å². The Kier molecular flexibility index (Phi) is 6.46. The zero-order valence-electron chi connectivity index (χ0n) is 21.1. The molecule has 1 heterocycles. The summed E-state index contributed by atoms with van der Waals surface area (Å²) >= 11 is 0. The van der Waals surface area contributed by atoms with E-state index >= 15 is 0 Å². The monoisotopic (exact) mass is 492 g/mol. The molecule has 4 aromatic carbocycles. The van der Waals surface area contributed by atoms with Crippen LogP contribution in [0.15, 0.2) is 109 Å². The molecular formula is C35H28N2O. The van der Waals surface area contributed by atoms with Gasteiger partial charge in [0.25, 0.3) is 0 Å². The summed E-state index contributed by atoms with van der Waals surface area (Å²) in [6.07, 6.45) is 8.10. The molecule has 0 saturated heterocycles. The molecule has 1 aliphatic heterocycles. The lowest BCUT2D eigenvalue weighted by Crippen LogP contribution is -2.26. The number of hydrogen-bond acceptors (Lipinski definition) is 3. The number of hydrogen-bond donors (Lipinski definition) is 0. The van der Waals surface area contributed by atoms with Crippen LogP contribution in [-0.2, 0) is 4.79 Å². The molecule has 0 aromatic heterocycles. The molecule has 184 valence electrons. The summed E-state index contributed by atoms with van der Waals surface area (Å²) in [5.41, 5.74) is 9.58. The third-order valence-electron chi connectivity index (χ3n) is 7.75. The number of fused-ring (bicyclic) bond motifs is 3. The predicted octanol–water partition coefficient (Wildman–Crippen LogP) is 8.17. The molecule has 0 radical (unpaired) electrons. The average Bonchev–Trinajstić information content (AvgIpc) is 3.57. The van der Waals surface area contributed by atoms with Crippen molar-refractivity contribution >= 4 is 35.4 Å². The van der Waals surface area contributed by atoms with Crippen LogP contribution >= 0.6 is 0 Å². The Bertz CT molecular complexity index is 1520. The minimum absolute atomic E-state index is 0.150. The number of allylic oxidation sites excluding steroid dienone is 1. The van der Waals surface area contributed by atoms with Gasteiger partial charge in [0, 0.05) is 23.3 Å². The van der Waals surface area contributed by atoms with Crippen LogP contribution in [0.2, 0.25) is 0 Å². The van der Waals surface area contributed by atoms with Crippen LogP contribution in [0.4, 0.5) is 11.4 Å². The molecule has 0 amide bonds. The summed E-state index contributed by atoms with van der Waals surface area (Å²) < 4.78 is 0. The maximum Gasteiger partial charge on any atom is 0.160 e. The first-order valence-corrected chi connectivity index (χ1v) is 13.2. The third-order valence-corrected chi connectivity index (χ3v) is 7.75. The maximum atomic E-state index is 11.1. The van der Waals surface area contributed by atoms with Gasteiger partial charge in [-0.25, -0.2) is 0 Å². The standard InChI is InChI=1S/C35H28N2O/c36-23-27(24-38)20-26-16-19-35-33(22-26)31-12-7-13-34(31)37(35)30-17-14-25(15-18-30)21-32(28-8-3-1-4-9-28)29-10-5-2-6-11-29/h1-6,8-11,14-22,24,31,34H,7,12-13H2/b27-20+. The zero-order chi connectivity index (χ0) is 25.9. The van der Waals surface area contributed by atoms with Crippen LogP contribution in [0.1, 0.15) is 53.0 Å². The van der Waals surface area contributed by atoms with Crippen molar-refractivity contribution < 1.29 is 4.79 Å². The van der Waals surface area contributed by atoms with E-state index < -0.39 is 0 Å². The Morgan fingerprint density at radius 2 is 1.45 bits per heavy atom.